The number of anilines is 3. The zero-order chi connectivity index (χ0) is 25.9. The Kier molecular flexibility index (Phi) is 9.33. The van der Waals surface area contributed by atoms with Gasteiger partial charge in [0.15, 0.2) is 11.5 Å². The number of rotatable bonds is 10. The molecular weight excluding hydrogens is 458 g/mol. The maximum atomic E-state index is 12.6. The summed E-state index contributed by atoms with van der Waals surface area (Å²) in [5.41, 5.74) is 8.14. The third-order valence-electron chi connectivity index (χ3n) is 5.58. The maximum Gasteiger partial charge on any atom is 0.412 e. The van der Waals surface area contributed by atoms with Crippen LogP contribution in [0.4, 0.5) is 21.9 Å². The van der Waals surface area contributed by atoms with E-state index in [-0.39, 0.29) is 17.6 Å². The molecule has 0 aliphatic heterocycles. The lowest BCUT2D eigenvalue weighted by molar-refractivity contribution is -0.111. The number of carbonyl (C=O) groups is 2. The Morgan fingerprint density at radius 1 is 1.03 bits per heavy atom. The molecule has 0 fully saturated rings. The first-order valence-electron chi connectivity index (χ1n) is 11.6. The Labute approximate surface area is 210 Å². The van der Waals surface area contributed by atoms with Gasteiger partial charge in [-0.1, -0.05) is 49.4 Å². The van der Waals surface area contributed by atoms with Crippen LogP contribution < -0.4 is 21.1 Å². The number of carbonyl (C=O) groups excluding carboxylic acids is 2. The summed E-state index contributed by atoms with van der Waals surface area (Å²) >= 11 is 0. The van der Waals surface area contributed by atoms with Gasteiger partial charge in [-0.2, -0.15) is 0 Å². The largest absolute Gasteiger partial charge is 0.504 e. The number of hydrogen-bond donors (Lipinski definition) is 4. The van der Waals surface area contributed by atoms with E-state index in [0.717, 1.165) is 0 Å². The zero-order valence-electron chi connectivity index (χ0n) is 20.3. The van der Waals surface area contributed by atoms with Crippen LogP contribution in [0.3, 0.4) is 0 Å². The summed E-state index contributed by atoms with van der Waals surface area (Å²) < 4.78 is 10.9. The van der Waals surface area contributed by atoms with Gasteiger partial charge in [-0.05, 0) is 66.8 Å². The number of ether oxygens (including phenoxy) is 2. The first kappa shape index (κ1) is 26.2. The number of hydrogen-bond acceptors (Lipinski definition) is 6. The van der Waals surface area contributed by atoms with Crippen LogP contribution in [0.2, 0.25) is 0 Å². The number of methoxy groups -OCH3 is 1. The second-order valence-electron chi connectivity index (χ2n) is 8.28. The highest BCUT2D eigenvalue weighted by Crippen LogP contribution is 2.35. The van der Waals surface area contributed by atoms with Gasteiger partial charge in [0.05, 0.1) is 18.5 Å². The van der Waals surface area contributed by atoms with Gasteiger partial charge in [-0.3, -0.25) is 10.1 Å². The van der Waals surface area contributed by atoms with Crippen molar-refractivity contribution in [1.29, 1.82) is 0 Å². The van der Waals surface area contributed by atoms with E-state index >= 15 is 0 Å². The minimum atomic E-state index is -0.642. The second kappa shape index (κ2) is 12.9. The minimum absolute atomic E-state index is 0.0454. The molecule has 0 saturated carbocycles. The Hall–Kier alpha value is -4.46. The van der Waals surface area contributed by atoms with Gasteiger partial charge in [0.25, 0.3) is 0 Å². The fourth-order valence-electron chi connectivity index (χ4n) is 3.67. The number of nitrogen functional groups attached to an aromatic ring is 1. The van der Waals surface area contributed by atoms with Crippen LogP contribution in [0, 0.1) is 5.92 Å². The van der Waals surface area contributed by atoms with Crippen LogP contribution >= 0.6 is 0 Å². The third kappa shape index (κ3) is 7.53. The molecule has 0 unspecified atom stereocenters. The molecule has 36 heavy (non-hydrogen) atoms. The number of nitrogens with two attached hydrogens (primary N) is 1. The summed E-state index contributed by atoms with van der Waals surface area (Å²) in [6.45, 7) is 1.94. The smallest absolute Gasteiger partial charge is 0.412 e. The van der Waals surface area contributed by atoms with Crippen molar-refractivity contribution in [3.63, 3.8) is 0 Å². The monoisotopic (exact) mass is 489 g/mol. The lowest BCUT2D eigenvalue weighted by atomic mass is 9.92. The highest BCUT2D eigenvalue weighted by Gasteiger charge is 2.24. The van der Waals surface area contributed by atoms with Gasteiger partial charge in [0.1, 0.15) is 6.10 Å². The maximum absolute atomic E-state index is 12.6. The van der Waals surface area contributed by atoms with Crippen molar-refractivity contribution in [2.24, 2.45) is 5.92 Å². The van der Waals surface area contributed by atoms with E-state index in [1.807, 2.05) is 25.1 Å². The van der Waals surface area contributed by atoms with Crippen molar-refractivity contribution in [2.75, 3.05) is 23.5 Å². The molecule has 8 heteroatoms. The number of phenolic OH excluding ortho intramolecular Hbond substituents is 1. The van der Waals surface area contributed by atoms with E-state index in [4.69, 9.17) is 15.2 Å². The van der Waals surface area contributed by atoms with Crippen LogP contribution in [-0.2, 0) is 9.53 Å². The Morgan fingerprint density at radius 2 is 1.75 bits per heavy atom. The van der Waals surface area contributed by atoms with E-state index in [1.165, 1.54) is 19.3 Å². The predicted molar refractivity (Wildman–Crippen MR) is 141 cm³/mol. The fraction of sp³-hybridized carbons (Fsp3) is 0.214. The number of allylic oxidation sites excluding steroid dienone is 1. The number of amides is 2. The lowest BCUT2D eigenvalue weighted by Crippen LogP contribution is -2.22. The highest BCUT2D eigenvalue weighted by molar-refractivity contribution is 6.01. The molecule has 0 aliphatic carbocycles. The minimum Gasteiger partial charge on any atom is -0.504 e. The van der Waals surface area contributed by atoms with Crippen molar-refractivity contribution in [3.8, 4) is 11.5 Å². The number of phenols is 1. The van der Waals surface area contributed by atoms with Gasteiger partial charge in [-0.15, -0.1) is 0 Å². The predicted octanol–water partition coefficient (Wildman–Crippen LogP) is 5.88. The van der Waals surface area contributed by atoms with E-state index in [2.05, 4.69) is 10.6 Å². The van der Waals surface area contributed by atoms with Crippen LogP contribution in [-0.4, -0.2) is 24.2 Å². The van der Waals surface area contributed by atoms with E-state index in [1.54, 1.807) is 54.6 Å². The molecule has 2 atom stereocenters. The summed E-state index contributed by atoms with van der Waals surface area (Å²) in [6, 6.07) is 20.9. The van der Waals surface area contributed by atoms with E-state index in [0.29, 0.717) is 41.2 Å². The molecule has 3 aromatic carbocycles. The van der Waals surface area contributed by atoms with E-state index in [9.17, 15) is 14.7 Å². The fourth-order valence-corrected chi connectivity index (χ4v) is 3.67. The molecule has 0 heterocycles. The number of nitrogens with one attached hydrogen (secondary N) is 2. The average molecular weight is 490 g/mol. The second-order valence-corrected chi connectivity index (χ2v) is 8.28. The summed E-state index contributed by atoms with van der Waals surface area (Å²) in [7, 11) is 1.47. The summed E-state index contributed by atoms with van der Waals surface area (Å²) in [5.74, 6) is -0.129. The standard InChI is InChI=1S/C28H31N3O5/c1-19(10-6-9-15-26(33)31-23-14-8-7-13-22(23)29)27(20-16-17-25(35-2)24(32)18-20)36-28(34)30-21-11-4-3-5-12-21/h3-5,7-9,11-19,27,32H,6,10,29H2,1-2H3,(H,30,34)(H,31,33)/b15-9+/t19-,27-/m1/s1. The topological polar surface area (TPSA) is 123 Å². The quantitative estimate of drug-likeness (QED) is 0.208. The molecule has 0 bridgehead atoms. The van der Waals surface area contributed by atoms with Crippen molar-refractivity contribution in [2.45, 2.75) is 25.9 Å². The molecule has 5 N–H and O–H groups in total. The van der Waals surface area contributed by atoms with Gasteiger partial charge in [-0.25, -0.2) is 4.79 Å². The van der Waals surface area contributed by atoms with Crippen LogP contribution in [0.1, 0.15) is 31.4 Å². The number of benzene rings is 3. The van der Waals surface area contributed by atoms with Gasteiger partial charge < -0.3 is 25.6 Å². The van der Waals surface area contributed by atoms with Crippen molar-refractivity contribution in [3.05, 3.63) is 90.5 Å². The van der Waals surface area contributed by atoms with Crippen molar-refractivity contribution < 1.29 is 24.2 Å². The molecule has 188 valence electrons. The lowest BCUT2D eigenvalue weighted by Gasteiger charge is -2.25. The molecule has 0 saturated heterocycles. The summed E-state index contributed by atoms with van der Waals surface area (Å²) in [5, 5.41) is 15.7. The molecule has 0 aromatic heterocycles. The third-order valence-corrected chi connectivity index (χ3v) is 5.58. The van der Waals surface area contributed by atoms with Crippen LogP contribution in [0.25, 0.3) is 0 Å². The average Bonchev–Trinajstić information content (AvgIpc) is 2.87. The first-order chi connectivity index (χ1) is 17.4. The van der Waals surface area contributed by atoms with Crippen molar-refractivity contribution in [1.82, 2.24) is 0 Å². The molecule has 3 rings (SSSR count). The first-order valence-corrected chi connectivity index (χ1v) is 11.6. The number of aromatic hydroxyl groups is 1. The molecule has 3 aromatic rings. The van der Waals surface area contributed by atoms with Crippen molar-refractivity contribution >= 4 is 29.1 Å². The van der Waals surface area contributed by atoms with Gasteiger partial charge in [0.2, 0.25) is 5.91 Å². The molecule has 0 spiro atoms. The van der Waals surface area contributed by atoms with Gasteiger partial charge >= 0.3 is 6.09 Å². The molecule has 0 aliphatic rings. The van der Waals surface area contributed by atoms with Gasteiger partial charge in [0, 0.05) is 5.69 Å². The normalized spacial score (nSPS) is 12.5. The zero-order valence-corrected chi connectivity index (χ0v) is 20.3. The van der Waals surface area contributed by atoms with E-state index < -0.39 is 12.2 Å². The highest BCUT2D eigenvalue weighted by atomic mass is 16.6. The van der Waals surface area contributed by atoms with Crippen LogP contribution in [0.15, 0.2) is 84.9 Å². The Bertz CT molecular complexity index is 1200. The summed E-state index contributed by atoms with van der Waals surface area (Å²) in [4.78, 5) is 24.8. The summed E-state index contributed by atoms with van der Waals surface area (Å²) in [6.07, 6.45) is 3.16. The Balaban J connectivity index is 1.65. The molecule has 8 nitrogen and oxygen atoms in total. The Morgan fingerprint density at radius 3 is 2.44 bits per heavy atom. The molecule has 2 amide bonds. The molecule has 0 radical (unpaired) electrons. The molecular formula is C28H31N3O5. The van der Waals surface area contributed by atoms with Crippen LogP contribution in [0.5, 0.6) is 11.5 Å². The number of para-hydroxylation sites is 3. The SMILES string of the molecule is COc1ccc([C@H](OC(=O)Nc2ccccc2)[C@H](C)CC/C=C/C(=O)Nc2ccccc2N)cc1O.